The number of hydrogen-bond acceptors (Lipinski definition) is 3. The molecule has 0 heterocycles. The molecule has 0 aromatic heterocycles. The number of nitrogens with zero attached hydrogens (tertiary/aromatic N) is 1. The first kappa shape index (κ1) is 14.8. The first-order chi connectivity index (χ1) is 8.45. The summed E-state index contributed by atoms with van der Waals surface area (Å²) in [4.78, 5) is 2.24. The van der Waals surface area contributed by atoms with Crippen molar-refractivity contribution in [3.8, 4) is 5.75 Å². The number of ether oxygens (including phenoxy) is 1. The highest BCUT2D eigenvalue weighted by Crippen LogP contribution is 2.30. The zero-order valence-corrected chi connectivity index (χ0v) is 12.5. The maximum Gasteiger partial charge on any atom is 0.142 e. The molecule has 0 unspecified atom stereocenters. The van der Waals surface area contributed by atoms with Gasteiger partial charge >= 0.3 is 0 Å². The van der Waals surface area contributed by atoms with Gasteiger partial charge in [0.1, 0.15) is 5.75 Å². The average Bonchev–Trinajstić information content (AvgIpc) is 2.31. The summed E-state index contributed by atoms with van der Waals surface area (Å²) in [7, 11) is 3.84. The van der Waals surface area contributed by atoms with Gasteiger partial charge in [-0.1, -0.05) is 13.8 Å². The third kappa shape index (κ3) is 3.91. The molecule has 102 valence electrons. The summed E-state index contributed by atoms with van der Waals surface area (Å²) >= 11 is 0. The maximum atomic E-state index is 5.47. The Hall–Kier alpha value is -1.22. The predicted molar refractivity (Wildman–Crippen MR) is 78.9 cm³/mol. The number of likely N-dealkylation sites (N-methyl/N-ethyl adjacent to an activating group) is 1. The number of anilines is 1. The van der Waals surface area contributed by atoms with Gasteiger partial charge in [-0.15, -0.1) is 0 Å². The molecule has 0 saturated heterocycles. The summed E-state index contributed by atoms with van der Waals surface area (Å²) in [5.74, 6) is 0.949. The van der Waals surface area contributed by atoms with E-state index in [0.29, 0.717) is 6.04 Å². The molecular formula is C15H26N2O. The Bertz CT molecular complexity index is 388. The molecule has 0 amide bonds. The zero-order valence-electron chi connectivity index (χ0n) is 12.5. The molecule has 1 aromatic rings. The van der Waals surface area contributed by atoms with Crippen LogP contribution in [0.25, 0.3) is 0 Å². The van der Waals surface area contributed by atoms with E-state index in [9.17, 15) is 0 Å². The fourth-order valence-electron chi connectivity index (χ4n) is 1.88. The molecule has 0 bridgehead atoms. The van der Waals surface area contributed by atoms with Crippen molar-refractivity contribution in [2.24, 2.45) is 0 Å². The normalized spacial score (nSPS) is 10.8. The van der Waals surface area contributed by atoms with Crippen LogP contribution in [0.3, 0.4) is 0 Å². The van der Waals surface area contributed by atoms with Crippen LogP contribution < -0.4 is 15.0 Å². The summed E-state index contributed by atoms with van der Waals surface area (Å²) in [5.41, 5.74) is 3.73. The van der Waals surface area contributed by atoms with Gasteiger partial charge in [-0.25, -0.2) is 0 Å². The maximum absolute atomic E-state index is 5.47. The van der Waals surface area contributed by atoms with Crippen molar-refractivity contribution in [3.05, 3.63) is 23.3 Å². The Morgan fingerprint density at radius 1 is 1.22 bits per heavy atom. The van der Waals surface area contributed by atoms with E-state index in [0.717, 1.165) is 24.5 Å². The van der Waals surface area contributed by atoms with Crippen LogP contribution in [0.15, 0.2) is 12.1 Å². The summed E-state index contributed by atoms with van der Waals surface area (Å²) in [6.07, 6.45) is 0. The van der Waals surface area contributed by atoms with Crippen LogP contribution in [-0.2, 0) is 0 Å². The van der Waals surface area contributed by atoms with Crippen LogP contribution in [0.1, 0.15) is 25.0 Å². The highest BCUT2D eigenvalue weighted by Gasteiger charge is 2.10. The second kappa shape index (κ2) is 6.64. The van der Waals surface area contributed by atoms with E-state index in [1.807, 2.05) is 0 Å². The van der Waals surface area contributed by atoms with Crippen LogP contribution in [0.2, 0.25) is 0 Å². The summed E-state index contributed by atoms with van der Waals surface area (Å²) < 4.78 is 5.47. The van der Waals surface area contributed by atoms with Crippen LogP contribution in [0, 0.1) is 13.8 Å². The van der Waals surface area contributed by atoms with Crippen LogP contribution >= 0.6 is 0 Å². The first-order valence-corrected chi connectivity index (χ1v) is 6.55. The Morgan fingerprint density at radius 2 is 1.83 bits per heavy atom. The molecule has 3 heteroatoms. The molecule has 0 radical (unpaired) electrons. The molecule has 0 aliphatic rings. The van der Waals surface area contributed by atoms with E-state index in [1.54, 1.807) is 7.11 Å². The van der Waals surface area contributed by atoms with Crippen molar-refractivity contribution in [3.63, 3.8) is 0 Å². The minimum Gasteiger partial charge on any atom is -0.495 e. The summed E-state index contributed by atoms with van der Waals surface area (Å²) in [6.45, 7) is 10.5. The van der Waals surface area contributed by atoms with Crippen LogP contribution in [-0.4, -0.2) is 33.3 Å². The lowest BCUT2D eigenvalue weighted by molar-refractivity contribution is 0.414. The van der Waals surface area contributed by atoms with Crippen molar-refractivity contribution in [2.45, 2.75) is 33.7 Å². The van der Waals surface area contributed by atoms with Gasteiger partial charge in [0.05, 0.1) is 12.8 Å². The molecule has 18 heavy (non-hydrogen) atoms. The second-order valence-electron chi connectivity index (χ2n) is 5.14. The molecule has 1 aromatic carbocycles. The highest BCUT2D eigenvalue weighted by molar-refractivity contribution is 5.61. The van der Waals surface area contributed by atoms with E-state index < -0.39 is 0 Å². The van der Waals surface area contributed by atoms with E-state index in [4.69, 9.17) is 4.74 Å². The number of rotatable bonds is 6. The topological polar surface area (TPSA) is 24.5 Å². The van der Waals surface area contributed by atoms with Gasteiger partial charge in [-0.2, -0.15) is 0 Å². The van der Waals surface area contributed by atoms with Crippen LogP contribution in [0.4, 0.5) is 5.69 Å². The van der Waals surface area contributed by atoms with Crippen molar-refractivity contribution in [1.82, 2.24) is 5.32 Å². The zero-order chi connectivity index (χ0) is 13.7. The summed E-state index contributed by atoms with van der Waals surface area (Å²) in [5, 5.41) is 3.43. The Balaban J connectivity index is 2.77. The van der Waals surface area contributed by atoms with E-state index in [-0.39, 0.29) is 0 Å². The van der Waals surface area contributed by atoms with Gasteiger partial charge in [0.15, 0.2) is 0 Å². The lowest BCUT2D eigenvalue weighted by atomic mass is 10.1. The van der Waals surface area contributed by atoms with E-state index >= 15 is 0 Å². The van der Waals surface area contributed by atoms with Gasteiger partial charge in [0, 0.05) is 26.2 Å². The second-order valence-corrected chi connectivity index (χ2v) is 5.14. The van der Waals surface area contributed by atoms with Crippen molar-refractivity contribution >= 4 is 5.69 Å². The van der Waals surface area contributed by atoms with Gasteiger partial charge < -0.3 is 15.0 Å². The number of hydrogen-bond donors (Lipinski definition) is 1. The number of nitrogens with one attached hydrogen (secondary N) is 1. The predicted octanol–water partition coefficient (Wildman–Crippen LogP) is 2.75. The van der Waals surface area contributed by atoms with Gasteiger partial charge in [-0.3, -0.25) is 0 Å². The Morgan fingerprint density at radius 3 is 2.39 bits per heavy atom. The fraction of sp³-hybridized carbons (Fsp3) is 0.600. The minimum absolute atomic E-state index is 0.528. The fourth-order valence-corrected chi connectivity index (χ4v) is 1.88. The lowest BCUT2D eigenvalue weighted by Gasteiger charge is -2.23. The lowest BCUT2D eigenvalue weighted by Crippen LogP contribution is -2.33. The minimum atomic E-state index is 0.528. The molecule has 1 N–H and O–H groups in total. The van der Waals surface area contributed by atoms with Gasteiger partial charge in [0.2, 0.25) is 0 Å². The average molecular weight is 250 g/mol. The standard InChI is InChI=1S/C15H26N2O/c1-11(2)16-7-8-17(5)14-9-12(3)13(4)10-15(14)18-6/h9-11,16H,7-8H2,1-6H3. The molecule has 0 atom stereocenters. The highest BCUT2D eigenvalue weighted by atomic mass is 16.5. The Labute approximate surface area is 111 Å². The quantitative estimate of drug-likeness (QED) is 0.840. The van der Waals surface area contributed by atoms with Gasteiger partial charge in [0.25, 0.3) is 0 Å². The third-order valence-electron chi connectivity index (χ3n) is 3.21. The van der Waals surface area contributed by atoms with Crippen molar-refractivity contribution in [2.75, 3.05) is 32.1 Å². The SMILES string of the molecule is COc1cc(C)c(C)cc1N(C)CCNC(C)C. The summed E-state index contributed by atoms with van der Waals surface area (Å²) in [6, 6.07) is 4.83. The molecule has 0 spiro atoms. The number of benzene rings is 1. The molecule has 3 nitrogen and oxygen atoms in total. The molecule has 0 aliphatic heterocycles. The van der Waals surface area contributed by atoms with Crippen molar-refractivity contribution in [1.29, 1.82) is 0 Å². The first-order valence-electron chi connectivity index (χ1n) is 6.55. The smallest absolute Gasteiger partial charge is 0.142 e. The molecular weight excluding hydrogens is 224 g/mol. The van der Waals surface area contributed by atoms with Crippen LogP contribution in [0.5, 0.6) is 5.75 Å². The van der Waals surface area contributed by atoms with E-state index in [1.165, 1.54) is 11.1 Å². The molecule has 0 aliphatic carbocycles. The molecule has 0 fully saturated rings. The van der Waals surface area contributed by atoms with Gasteiger partial charge in [-0.05, 0) is 37.1 Å². The number of aryl methyl sites for hydroxylation is 2. The molecule has 0 saturated carbocycles. The third-order valence-corrected chi connectivity index (χ3v) is 3.21. The largest absolute Gasteiger partial charge is 0.495 e. The van der Waals surface area contributed by atoms with E-state index in [2.05, 4.69) is 57.1 Å². The molecule has 1 rings (SSSR count). The monoisotopic (exact) mass is 250 g/mol. The van der Waals surface area contributed by atoms with Crippen molar-refractivity contribution < 1.29 is 4.74 Å². The Kier molecular flexibility index (Phi) is 5.48. The number of methoxy groups -OCH3 is 1.